The third-order valence-corrected chi connectivity index (χ3v) is 7.12. The summed E-state index contributed by atoms with van der Waals surface area (Å²) in [6, 6.07) is 5.88. The van der Waals surface area contributed by atoms with Gasteiger partial charge in [0.05, 0.1) is 29.5 Å². The normalized spacial score (nSPS) is 19.7. The molecular weight excluding hydrogens is 452 g/mol. The number of nitrogens with zero attached hydrogens (tertiary/aromatic N) is 7. The van der Waals surface area contributed by atoms with Crippen molar-refractivity contribution in [3.8, 4) is 0 Å². The molecule has 34 heavy (non-hydrogen) atoms. The smallest absolute Gasteiger partial charge is 0.227 e. The third kappa shape index (κ3) is 4.42. The van der Waals surface area contributed by atoms with Crippen LogP contribution in [0.25, 0.3) is 5.65 Å². The van der Waals surface area contributed by atoms with Crippen LogP contribution in [0.1, 0.15) is 26.0 Å². The maximum absolute atomic E-state index is 13.3. The first-order valence-electron chi connectivity index (χ1n) is 11.8. The van der Waals surface area contributed by atoms with Crippen molar-refractivity contribution in [2.24, 2.45) is 5.92 Å². The Bertz CT molecular complexity index is 1190. The van der Waals surface area contributed by atoms with Gasteiger partial charge in [-0.05, 0) is 39.4 Å². The summed E-state index contributed by atoms with van der Waals surface area (Å²) in [6.07, 6.45) is 6.23. The Labute approximate surface area is 204 Å². The first-order chi connectivity index (χ1) is 16.3. The minimum atomic E-state index is -0.563. The van der Waals surface area contributed by atoms with Crippen molar-refractivity contribution in [2.75, 3.05) is 56.1 Å². The van der Waals surface area contributed by atoms with E-state index in [0.29, 0.717) is 23.3 Å². The van der Waals surface area contributed by atoms with Gasteiger partial charge < -0.3 is 24.4 Å². The molecule has 2 fully saturated rings. The van der Waals surface area contributed by atoms with E-state index in [9.17, 15) is 4.79 Å². The molecule has 5 heterocycles. The Kier molecular flexibility index (Phi) is 6.07. The summed E-state index contributed by atoms with van der Waals surface area (Å²) in [5.74, 6) is 1.30. The number of likely N-dealkylation sites (N-methyl/N-ethyl adjacent to an activating group) is 1. The van der Waals surface area contributed by atoms with E-state index in [-0.39, 0.29) is 11.8 Å². The quantitative estimate of drug-likeness (QED) is 0.598. The Morgan fingerprint density at radius 2 is 1.88 bits per heavy atom. The van der Waals surface area contributed by atoms with Crippen LogP contribution >= 0.6 is 11.6 Å². The molecule has 0 bridgehead atoms. The van der Waals surface area contributed by atoms with Gasteiger partial charge in [-0.3, -0.25) is 4.79 Å². The Hall–Kier alpha value is -2.91. The van der Waals surface area contributed by atoms with Crippen LogP contribution in [0.3, 0.4) is 0 Å². The summed E-state index contributed by atoms with van der Waals surface area (Å²) in [5, 5.41) is 3.76. The molecule has 3 aromatic heterocycles. The highest BCUT2D eigenvalue weighted by Crippen LogP contribution is 2.31. The van der Waals surface area contributed by atoms with E-state index in [1.54, 1.807) is 6.20 Å². The van der Waals surface area contributed by atoms with Gasteiger partial charge in [-0.25, -0.2) is 9.97 Å². The molecule has 2 aliphatic heterocycles. The van der Waals surface area contributed by atoms with E-state index >= 15 is 0 Å². The van der Waals surface area contributed by atoms with Crippen molar-refractivity contribution >= 4 is 34.9 Å². The minimum Gasteiger partial charge on any atom is -0.354 e. The van der Waals surface area contributed by atoms with Crippen LogP contribution < -0.4 is 15.1 Å². The number of rotatable bonds is 5. The topological polar surface area (TPSA) is 81.9 Å². The van der Waals surface area contributed by atoms with Gasteiger partial charge in [0.1, 0.15) is 10.7 Å². The van der Waals surface area contributed by atoms with Crippen LogP contribution in [-0.2, 0) is 10.3 Å². The number of imidazole rings is 1. The molecule has 2 aliphatic rings. The van der Waals surface area contributed by atoms with E-state index < -0.39 is 5.54 Å². The largest absolute Gasteiger partial charge is 0.354 e. The maximum atomic E-state index is 13.3. The number of hydrogen-bond acceptors (Lipinski definition) is 7. The number of aromatic nitrogens is 4. The number of amides is 1. The van der Waals surface area contributed by atoms with Crippen LogP contribution in [0, 0.1) is 5.92 Å². The number of fused-ring (bicyclic) bond motifs is 1. The van der Waals surface area contributed by atoms with Crippen LogP contribution in [0.2, 0.25) is 5.02 Å². The number of pyridine rings is 1. The standard InChI is InChI=1S/C24H31ClN8O/c1-24(2,19-15-26-20-6-4-5-8-33(19)20)29-22(34)17-7-9-32(16-17)21-18(25)14-27-23(28-21)31-12-10-30(3)11-13-31/h4-6,8,14-15,17H,7,9-13,16H2,1-3H3,(H,29,34). The molecule has 1 unspecified atom stereocenters. The number of carbonyl (C=O) groups is 1. The zero-order valence-electron chi connectivity index (χ0n) is 19.9. The monoisotopic (exact) mass is 482 g/mol. The van der Waals surface area contributed by atoms with Gasteiger partial charge in [0, 0.05) is 45.5 Å². The highest BCUT2D eigenvalue weighted by atomic mass is 35.5. The lowest BCUT2D eigenvalue weighted by Crippen LogP contribution is -2.45. The lowest BCUT2D eigenvalue weighted by molar-refractivity contribution is -0.126. The van der Waals surface area contributed by atoms with Crippen molar-refractivity contribution in [3.05, 3.63) is 47.5 Å². The average Bonchev–Trinajstić information content (AvgIpc) is 3.48. The van der Waals surface area contributed by atoms with E-state index in [4.69, 9.17) is 16.6 Å². The van der Waals surface area contributed by atoms with Gasteiger partial charge in [-0.2, -0.15) is 4.98 Å². The summed E-state index contributed by atoms with van der Waals surface area (Å²) in [7, 11) is 2.12. The molecule has 2 saturated heterocycles. The molecule has 180 valence electrons. The Morgan fingerprint density at radius 1 is 1.09 bits per heavy atom. The zero-order chi connectivity index (χ0) is 23.9. The predicted molar refractivity (Wildman–Crippen MR) is 133 cm³/mol. The summed E-state index contributed by atoms with van der Waals surface area (Å²) in [4.78, 5) is 33.6. The first-order valence-corrected chi connectivity index (χ1v) is 12.2. The van der Waals surface area contributed by atoms with Crippen LogP contribution in [0.4, 0.5) is 11.8 Å². The molecule has 1 N–H and O–H groups in total. The molecule has 0 aliphatic carbocycles. The Balaban J connectivity index is 1.27. The van der Waals surface area contributed by atoms with Crippen LogP contribution in [0.5, 0.6) is 0 Å². The second kappa shape index (κ2) is 9.03. The number of carbonyl (C=O) groups excluding carboxylic acids is 1. The van der Waals surface area contributed by atoms with Gasteiger partial charge in [0.15, 0.2) is 5.82 Å². The van der Waals surface area contributed by atoms with Gasteiger partial charge >= 0.3 is 0 Å². The van der Waals surface area contributed by atoms with Gasteiger partial charge in [0.25, 0.3) is 0 Å². The van der Waals surface area contributed by atoms with Crippen molar-refractivity contribution in [1.82, 2.24) is 29.6 Å². The summed E-state index contributed by atoms with van der Waals surface area (Å²) in [5.41, 5.74) is 1.25. The molecule has 5 rings (SSSR count). The van der Waals surface area contributed by atoms with Crippen molar-refractivity contribution in [1.29, 1.82) is 0 Å². The van der Waals surface area contributed by atoms with Gasteiger partial charge in [-0.15, -0.1) is 0 Å². The lowest BCUT2D eigenvalue weighted by atomic mass is 9.98. The van der Waals surface area contributed by atoms with Crippen LogP contribution in [-0.4, -0.2) is 76.5 Å². The van der Waals surface area contributed by atoms with E-state index in [2.05, 4.69) is 37.0 Å². The van der Waals surface area contributed by atoms with E-state index in [0.717, 1.165) is 50.5 Å². The minimum absolute atomic E-state index is 0.0304. The number of piperazine rings is 1. The van der Waals surface area contributed by atoms with E-state index in [1.165, 1.54) is 0 Å². The molecular formula is C24H31ClN8O. The molecule has 0 saturated carbocycles. The van der Waals surface area contributed by atoms with Crippen molar-refractivity contribution < 1.29 is 4.79 Å². The molecule has 9 nitrogen and oxygen atoms in total. The van der Waals surface area contributed by atoms with E-state index in [1.807, 2.05) is 48.8 Å². The van der Waals surface area contributed by atoms with Crippen molar-refractivity contribution in [3.63, 3.8) is 0 Å². The molecule has 0 aromatic carbocycles. The zero-order valence-corrected chi connectivity index (χ0v) is 20.7. The summed E-state index contributed by atoms with van der Waals surface area (Å²) < 4.78 is 2.02. The number of anilines is 2. The molecule has 10 heteroatoms. The molecule has 1 atom stereocenters. The summed E-state index contributed by atoms with van der Waals surface area (Å²) >= 11 is 6.49. The third-order valence-electron chi connectivity index (χ3n) is 6.85. The SMILES string of the molecule is CN1CCN(c2ncc(Cl)c(N3CCC(C(=O)NC(C)(C)c4cnc5ccccn45)C3)n2)CC1. The molecule has 3 aromatic rings. The average molecular weight is 483 g/mol. The second-order valence-corrected chi connectivity index (χ2v) is 10.2. The van der Waals surface area contributed by atoms with Gasteiger partial charge in [0.2, 0.25) is 11.9 Å². The second-order valence-electron chi connectivity index (χ2n) is 9.75. The Morgan fingerprint density at radius 3 is 2.68 bits per heavy atom. The van der Waals surface area contributed by atoms with Gasteiger partial charge in [-0.1, -0.05) is 17.7 Å². The lowest BCUT2D eigenvalue weighted by Gasteiger charge is -2.33. The highest BCUT2D eigenvalue weighted by molar-refractivity contribution is 6.32. The number of halogens is 1. The summed E-state index contributed by atoms with van der Waals surface area (Å²) in [6.45, 7) is 9.07. The van der Waals surface area contributed by atoms with Crippen molar-refractivity contribution in [2.45, 2.75) is 25.8 Å². The molecule has 1 amide bonds. The molecule has 0 spiro atoms. The maximum Gasteiger partial charge on any atom is 0.227 e. The fourth-order valence-electron chi connectivity index (χ4n) is 4.77. The number of nitrogens with one attached hydrogen (secondary N) is 1. The fraction of sp³-hybridized carbons (Fsp3) is 0.500. The number of hydrogen-bond donors (Lipinski definition) is 1. The van der Waals surface area contributed by atoms with Crippen LogP contribution in [0.15, 0.2) is 36.8 Å². The first kappa shape index (κ1) is 22.9. The predicted octanol–water partition coefficient (Wildman–Crippen LogP) is 2.41. The highest BCUT2D eigenvalue weighted by Gasteiger charge is 2.35. The molecule has 0 radical (unpaired) electrons. The fourth-order valence-corrected chi connectivity index (χ4v) is 4.98.